The minimum Gasteiger partial charge on any atom is -0.321 e. The van der Waals surface area contributed by atoms with Gasteiger partial charge in [-0.25, -0.2) is 4.39 Å². The number of halogens is 2. The Kier molecular flexibility index (Phi) is 3.42. The molecule has 2 aromatic rings. The van der Waals surface area contributed by atoms with Crippen LogP contribution in [-0.4, -0.2) is 5.91 Å². The molecular weight excluding hydrogens is 279 g/mol. The Morgan fingerprint density at radius 3 is 2.80 bits per heavy atom. The lowest BCUT2D eigenvalue weighted by Crippen LogP contribution is -2.12. The lowest BCUT2D eigenvalue weighted by molar-refractivity contribution is 0.102. The fourth-order valence-corrected chi connectivity index (χ4v) is 2.39. The first-order chi connectivity index (χ1) is 9.63. The number of benzene rings is 2. The van der Waals surface area contributed by atoms with E-state index < -0.39 is 5.82 Å². The van der Waals surface area contributed by atoms with Gasteiger partial charge in [0.1, 0.15) is 5.82 Å². The van der Waals surface area contributed by atoms with Gasteiger partial charge in [-0.1, -0.05) is 17.7 Å². The number of hydrogen-bond donors (Lipinski definition) is 2. The first kappa shape index (κ1) is 13.1. The first-order valence-electron chi connectivity index (χ1n) is 6.22. The van der Waals surface area contributed by atoms with Gasteiger partial charge in [0, 0.05) is 18.7 Å². The molecular formula is C15H12ClFN2O. The summed E-state index contributed by atoms with van der Waals surface area (Å²) in [6, 6.07) is 9.40. The van der Waals surface area contributed by atoms with Crippen LogP contribution in [0.4, 0.5) is 10.1 Å². The molecule has 0 atom stereocenters. The van der Waals surface area contributed by atoms with Gasteiger partial charge in [0.2, 0.25) is 0 Å². The van der Waals surface area contributed by atoms with E-state index >= 15 is 0 Å². The maximum atomic E-state index is 13.2. The van der Waals surface area contributed by atoms with E-state index in [9.17, 15) is 9.18 Å². The maximum absolute atomic E-state index is 13.2. The van der Waals surface area contributed by atoms with Crippen molar-refractivity contribution in [1.29, 1.82) is 0 Å². The summed E-state index contributed by atoms with van der Waals surface area (Å²) >= 11 is 5.93. The monoisotopic (exact) mass is 290 g/mol. The molecule has 0 saturated heterocycles. The lowest BCUT2D eigenvalue weighted by Gasteiger charge is -2.08. The van der Waals surface area contributed by atoms with Crippen LogP contribution < -0.4 is 10.6 Å². The summed E-state index contributed by atoms with van der Waals surface area (Å²) in [5.41, 5.74) is 3.12. The number of carbonyl (C=O) groups excluding carboxylic acids is 1. The van der Waals surface area contributed by atoms with Gasteiger partial charge < -0.3 is 10.6 Å². The number of rotatable bonds is 2. The third kappa shape index (κ3) is 2.53. The van der Waals surface area contributed by atoms with Crippen LogP contribution in [0.15, 0.2) is 36.4 Å². The lowest BCUT2D eigenvalue weighted by atomic mass is 10.1. The van der Waals surface area contributed by atoms with Crippen molar-refractivity contribution < 1.29 is 9.18 Å². The van der Waals surface area contributed by atoms with Gasteiger partial charge in [0.25, 0.3) is 5.91 Å². The third-order valence-corrected chi connectivity index (χ3v) is 3.61. The molecule has 0 aliphatic carbocycles. The van der Waals surface area contributed by atoms with Crippen LogP contribution in [0.25, 0.3) is 0 Å². The molecule has 3 nitrogen and oxygen atoms in total. The maximum Gasteiger partial charge on any atom is 0.255 e. The van der Waals surface area contributed by atoms with Crippen molar-refractivity contribution >= 4 is 23.2 Å². The highest BCUT2D eigenvalue weighted by Crippen LogP contribution is 2.24. The van der Waals surface area contributed by atoms with Crippen molar-refractivity contribution in [2.24, 2.45) is 0 Å². The van der Waals surface area contributed by atoms with E-state index in [-0.39, 0.29) is 11.6 Å². The smallest absolute Gasteiger partial charge is 0.255 e. The topological polar surface area (TPSA) is 41.1 Å². The quantitative estimate of drug-likeness (QED) is 0.891. The zero-order valence-corrected chi connectivity index (χ0v) is 11.3. The molecule has 0 spiro atoms. The molecule has 0 fully saturated rings. The fourth-order valence-electron chi connectivity index (χ4n) is 2.22. The Balaban J connectivity index is 1.84. The molecule has 1 aliphatic heterocycles. The van der Waals surface area contributed by atoms with Gasteiger partial charge in [-0.2, -0.15) is 0 Å². The highest BCUT2D eigenvalue weighted by Gasteiger charge is 2.14. The Bertz CT molecular complexity index is 688. The SMILES string of the molecule is O=C(Nc1cc(F)ccc1Cl)c1ccc2c(c1)CNC2. The van der Waals surface area contributed by atoms with Crippen molar-refractivity contribution in [3.63, 3.8) is 0 Å². The first-order valence-corrected chi connectivity index (χ1v) is 6.60. The molecule has 0 saturated carbocycles. The zero-order chi connectivity index (χ0) is 14.1. The average molecular weight is 291 g/mol. The van der Waals surface area contributed by atoms with Crippen molar-refractivity contribution in [1.82, 2.24) is 5.32 Å². The van der Waals surface area contributed by atoms with Gasteiger partial charge in [0.05, 0.1) is 10.7 Å². The predicted octanol–water partition coefficient (Wildman–Crippen LogP) is 3.33. The van der Waals surface area contributed by atoms with E-state index in [1.54, 1.807) is 6.07 Å². The van der Waals surface area contributed by atoms with Crippen molar-refractivity contribution in [2.75, 3.05) is 5.32 Å². The number of hydrogen-bond acceptors (Lipinski definition) is 2. The van der Waals surface area contributed by atoms with Crippen molar-refractivity contribution in [3.8, 4) is 0 Å². The summed E-state index contributed by atoms with van der Waals surface area (Å²) in [6.07, 6.45) is 0. The highest BCUT2D eigenvalue weighted by molar-refractivity contribution is 6.33. The minimum absolute atomic E-state index is 0.273. The zero-order valence-electron chi connectivity index (χ0n) is 10.5. The van der Waals surface area contributed by atoms with Crippen LogP contribution in [-0.2, 0) is 13.1 Å². The van der Waals surface area contributed by atoms with Gasteiger partial charge in [-0.3, -0.25) is 4.79 Å². The van der Waals surface area contributed by atoms with E-state index in [2.05, 4.69) is 10.6 Å². The minimum atomic E-state index is -0.442. The van der Waals surface area contributed by atoms with E-state index in [1.807, 2.05) is 12.1 Å². The molecule has 0 radical (unpaired) electrons. The second-order valence-electron chi connectivity index (χ2n) is 4.67. The van der Waals surface area contributed by atoms with E-state index in [0.29, 0.717) is 10.6 Å². The molecule has 0 aromatic heterocycles. The summed E-state index contributed by atoms with van der Waals surface area (Å²) in [6.45, 7) is 1.59. The average Bonchev–Trinajstić information content (AvgIpc) is 2.90. The van der Waals surface area contributed by atoms with Crippen molar-refractivity contribution in [2.45, 2.75) is 13.1 Å². The fraction of sp³-hybridized carbons (Fsp3) is 0.133. The largest absolute Gasteiger partial charge is 0.321 e. The predicted molar refractivity (Wildman–Crippen MR) is 76.3 cm³/mol. The van der Waals surface area contributed by atoms with Crippen LogP contribution in [0.2, 0.25) is 5.02 Å². The number of anilines is 1. The molecule has 5 heteroatoms. The standard InChI is InChI=1S/C15H12ClFN2O/c16-13-4-3-12(17)6-14(13)19-15(20)9-1-2-10-7-18-8-11(10)5-9/h1-6,18H,7-8H2,(H,19,20). The van der Waals surface area contributed by atoms with Crippen LogP contribution >= 0.6 is 11.6 Å². The number of carbonyl (C=O) groups is 1. The van der Waals surface area contributed by atoms with E-state index in [1.165, 1.54) is 23.8 Å². The van der Waals surface area contributed by atoms with Gasteiger partial charge in [-0.05, 0) is 41.5 Å². The van der Waals surface area contributed by atoms with Crippen molar-refractivity contribution in [3.05, 3.63) is 63.9 Å². The Morgan fingerprint density at radius 1 is 1.15 bits per heavy atom. The summed E-state index contributed by atoms with van der Waals surface area (Å²) in [7, 11) is 0. The van der Waals surface area contributed by atoms with Gasteiger partial charge in [-0.15, -0.1) is 0 Å². The Labute approximate surface area is 120 Å². The molecule has 102 valence electrons. The second-order valence-corrected chi connectivity index (χ2v) is 5.07. The summed E-state index contributed by atoms with van der Waals surface area (Å²) < 4.78 is 13.2. The van der Waals surface area contributed by atoms with Crippen LogP contribution in [0, 0.1) is 5.82 Å². The van der Waals surface area contributed by atoms with E-state index in [0.717, 1.165) is 18.7 Å². The molecule has 1 aliphatic rings. The second kappa shape index (κ2) is 5.23. The normalized spacial score (nSPS) is 13.1. The highest BCUT2D eigenvalue weighted by atomic mass is 35.5. The number of fused-ring (bicyclic) bond motifs is 1. The molecule has 20 heavy (non-hydrogen) atoms. The van der Waals surface area contributed by atoms with Crippen LogP contribution in [0.5, 0.6) is 0 Å². The summed E-state index contributed by atoms with van der Waals surface area (Å²) in [4.78, 5) is 12.2. The number of amides is 1. The molecule has 0 unspecified atom stereocenters. The summed E-state index contributed by atoms with van der Waals surface area (Å²) in [5, 5.41) is 6.15. The molecule has 0 bridgehead atoms. The molecule has 2 aromatic carbocycles. The van der Waals surface area contributed by atoms with Gasteiger partial charge in [0.15, 0.2) is 0 Å². The van der Waals surface area contributed by atoms with Crippen LogP contribution in [0.3, 0.4) is 0 Å². The Morgan fingerprint density at radius 2 is 1.95 bits per heavy atom. The molecule has 3 rings (SSSR count). The van der Waals surface area contributed by atoms with Crippen LogP contribution in [0.1, 0.15) is 21.5 Å². The molecule has 2 N–H and O–H groups in total. The third-order valence-electron chi connectivity index (χ3n) is 3.28. The van der Waals surface area contributed by atoms with E-state index in [4.69, 9.17) is 11.6 Å². The molecule has 1 heterocycles. The number of nitrogens with one attached hydrogen (secondary N) is 2. The summed E-state index contributed by atoms with van der Waals surface area (Å²) in [5.74, 6) is -0.741. The van der Waals surface area contributed by atoms with Gasteiger partial charge >= 0.3 is 0 Å². The molecule has 1 amide bonds. The Hall–Kier alpha value is -1.91.